The highest BCUT2D eigenvalue weighted by Crippen LogP contribution is 2.33. The lowest BCUT2D eigenvalue weighted by atomic mass is 10.0. The van der Waals surface area contributed by atoms with Crippen molar-refractivity contribution in [3.8, 4) is 5.75 Å². The quantitative estimate of drug-likeness (QED) is 0.705. The summed E-state index contributed by atoms with van der Waals surface area (Å²) in [5, 5.41) is 8.33. The van der Waals surface area contributed by atoms with Gasteiger partial charge in [0.1, 0.15) is 5.75 Å². The molecule has 0 amide bonds. The van der Waals surface area contributed by atoms with Crippen LogP contribution < -0.4 is 9.64 Å². The molecular formula is C18H22N6O2. The van der Waals surface area contributed by atoms with E-state index in [4.69, 9.17) is 19.4 Å². The smallest absolute Gasteiger partial charge is 0.150 e. The molecule has 136 valence electrons. The standard InChI is InChI=1S/C18H22N6O2/c1-11-18(20-14-6-5-12(25-3)7-15(14)19-11)24-8-13(17(10-24)26-4)16-9-23(2)22-21-16/h5-7,9,13,17H,8,10H2,1-4H3/t13-,17+/m0/s1. The summed E-state index contributed by atoms with van der Waals surface area (Å²) in [7, 11) is 5.26. The fourth-order valence-electron chi connectivity index (χ4n) is 3.54. The number of benzene rings is 1. The second kappa shape index (κ2) is 6.53. The molecule has 8 nitrogen and oxygen atoms in total. The number of anilines is 1. The maximum Gasteiger partial charge on any atom is 0.150 e. The number of ether oxygens (including phenoxy) is 2. The molecule has 0 N–H and O–H groups in total. The van der Waals surface area contributed by atoms with Gasteiger partial charge < -0.3 is 14.4 Å². The maximum absolute atomic E-state index is 5.71. The fourth-order valence-corrected chi connectivity index (χ4v) is 3.54. The molecule has 3 heterocycles. The van der Waals surface area contributed by atoms with Gasteiger partial charge in [0, 0.05) is 39.5 Å². The number of hydrogen-bond donors (Lipinski definition) is 0. The molecule has 0 radical (unpaired) electrons. The topological polar surface area (TPSA) is 78.2 Å². The van der Waals surface area contributed by atoms with E-state index in [-0.39, 0.29) is 12.0 Å². The highest BCUT2D eigenvalue weighted by atomic mass is 16.5. The van der Waals surface area contributed by atoms with Gasteiger partial charge in [-0.1, -0.05) is 5.21 Å². The number of rotatable bonds is 4. The molecule has 3 aromatic rings. The summed E-state index contributed by atoms with van der Waals surface area (Å²) in [6.45, 7) is 3.50. The van der Waals surface area contributed by atoms with Gasteiger partial charge >= 0.3 is 0 Å². The molecule has 2 aromatic heterocycles. The Morgan fingerprint density at radius 3 is 2.65 bits per heavy atom. The Hall–Kier alpha value is -2.74. The zero-order valence-corrected chi connectivity index (χ0v) is 15.4. The summed E-state index contributed by atoms with van der Waals surface area (Å²) in [5.74, 6) is 1.82. The lowest BCUT2D eigenvalue weighted by Crippen LogP contribution is -2.24. The minimum atomic E-state index is 0.0412. The number of nitrogens with zero attached hydrogens (tertiary/aromatic N) is 6. The summed E-state index contributed by atoms with van der Waals surface area (Å²) >= 11 is 0. The van der Waals surface area contributed by atoms with Crippen LogP contribution in [0.5, 0.6) is 5.75 Å². The third kappa shape index (κ3) is 2.86. The number of fused-ring (bicyclic) bond motifs is 1. The second-order valence-corrected chi connectivity index (χ2v) is 6.59. The van der Waals surface area contributed by atoms with Gasteiger partial charge in [-0.3, -0.25) is 4.68 Å². The van der Waals surface area contributed by atoms with Gasteiger partial charge in [0.25, 0.3) is 0 Å². The van der Waals surface area contributed by atoms with Crippen molar-refractivity contribution in [1.29, 1.82) is 0 Å². The Labute approximate surface area is 151 Å². The molecule has 26 heavy (non-hydrogen) atoms. The summed E-state index contributed by atoms with van der Waals surface area (Å²) in [6.07, 6.45) is 1.99. The van der Waals surface area contributed by atoms with Crippen molar-refractivity contribution in [2.24, 2.45) is 7.05 Å². The van der Waals surface area contributed by atoms with Crippen molar-refractivity contribution in [1.82, 2.24) is 25.0 Å². The van der Waals surface area contributed by atoms with Crippen molar-refractivity contribution < 1.29 is 9.47 Å². The molecule has 2 atom stereocenters. The molecule has 1 aromatic carbocycles. The van der Waals surface area contributed by atoms with E-state index in [0.29, 0.717) is 0 Å². The number of aryl methyl sites for hydroxylation is 2. The minimum Gasteiger partial charge on any atom is -0.497 e. The third-order valence-electron chi connectivity index (χ3n) is 4.89. The van der Waals surface area contributed by atoms with E-state index in [1.54, 1.807) is 18.9 Å². The Bertz CT molecular complexity index is 941. The van der Waals surface area contributed by atoms with E-state index in [0.717, 1.165) is 47.1 Å². The van der Waals surface area contributed by atoms with Gasteiger partial charge in [0.2, 0.25) is 0 Å². The number of hydrogen-bond acceptors (Lipinski definition) is 7. The number of aromatic nitrogens is 5. The Kier molecular flexibility index (Phi) is 4.20. The fraction of sp³-hybridized carbons (Fsp3) is 0.444. The van der Waals surface area contributed by atoms with Crippen molar-refractivity contribution in [2.45, 2.75) is 18.9 Å². The molecule has 0 unspecified atom stereocenters. The highest BCUT2D eigenvalue weighted by molar-refractivity contribution is 5.78. The SMILES string of the molecule is COc1ccc2nc(N3C[C@@H](OC)[C@H](c4cn(C)nn4)C3)c(C)nc2c1. The first-order chi connectivity index (χ1) is 12.6. The van der Waals surface area contributed by atoms with Crippen LogP contribution in [0.3, 0.4) is 0 Å². The van der Waals surface area contributed by atoms with E-state index in [2.05, 4.69) is 15.2 Å². The highest BCUT2D eigenvalue weighted by Gasteiger charge is 2.37. The first-order valence-corrected chi connectivity index (χ1v) is 8.55. The summed E-state index contributed by atoms with van der Waals surface area (Å²) < 4.78 is 12.7. The van der Waals surface area contributed by atoms with Gasteiger partial charge in [0.05, 0.1) is 41.6 Å². The largest absolute Gasteiger partial charge is 0.497 e. The summed E-state index contributed by atoms with van der Waals surface area (Å²) in [6, 6.07) is 5.75. The molecule has 0 bridgehead atoms. The van der Waals surface area contributed by atoms with E-state index >= 15 is 0 Å². The van der Waals surface area contributed by atoms with E-state index in [9.17, 15) is 0 Å². The van der Waals surface area contributed by atoms with Crippen molar-refractivity contribution >= 4 is 16.9 Å². The lowest BCUT2D eigenvalue weighted by Gasteiger charge is -2.19. The Morgan fingerprint density at radius 1 is 1.12 bits per heavy atom. The van der Waals surface area contributed by atoms with Gasteiger partial charge in [-0.05, 0) is 19.1 Å². The minimum absolute atomic E-state index is 0.0412. The molecule has 0 aliphatic carbocycles. The van der Waals surface area contributed by atoms with Crippen LogP contribution in [-0.2, 0) is 11.8 Å². The predicted molar refractivity (Wildman–Crippen MR) is 97.6 cm³/mol. The number of methoxy groups -OCH3 is 2. The molecule has 1 aliphatic heterocycles. The maximum atomic E-state index is 5.71. The molecule has 8 heteroatoms. The monoisotopic (exact) mass is 354 g/mol. The van der Waals surface area contributed by atoms with Gasteiger partial charge in [-0.15, -0.1) is 5.10 Å². The van der Waals surface area contributed by atoms with Crippen LogP contribution >= 0.6 is 0 Å². The van der Waals surface area contributed by atoms with Crippen LogP contribution in [0.4, 0.5) is 5.82 Å². The second-order valence-electron chi connectivity index (χ2n) is 6.59. The average molecular weight is 354 g/mol. The molecule has 1 aliphatic rings. The van der Waals surface area contributed by atoms with Crippen molar-refractivity contribution in [3.63, 3.8) is 0 Å². The zero-order chi connectivity index (χ0) is 18.3. The zero-order valence-electron chi connectivity index (χ0n) is 15.4. The van der Waals surface area contributed by atoms with Crippen LogP contribution in [0.25, 0.3) is 11.0 Å². The van der Waals surface area contributed by atoms with E-state index in [1.165, 1.54) is 0 Å². The molecular weight excluding hydrogens is 332 g/mol. The Morgan fingerprint density at radius 2 is 1.96 bits per heavy atom. The van der Waals surface area contributed by atoms with Crippen LogP contribution in [0.1, 0.15) is 17.3 Å². The molecule has 1 saturated heterocycles. The van der Waals surface area contributed by atoms with Crippen LogP contribution in [0.2, 0.25) is 0 Å². The first kappa shape index (κ1) is 16.7. The van der Waals surface area contributed by atoms with Crippen molar-refractivity contribution in [3.05, 3.63) is 35.8 Å². The molecule has 0 saturated carbocycles. The van der Waals surface area contributed by atoms with Crippen LogP contribution in [-0.4, -0.2) is 58.4 Å². The third-order valence-corrected chi connectivity index (χ3v) is 4.89. The molecule has 4 rings (SSSR count). The van der Waals surface area contributed by atoms with Crippen molar-refractivity contribution in [2.75, 3.05) is 32.2 Å². The van der Waals surface area contributed by atoms with Crippen LogP contribution in [0.15, 0.2) is 24.4 Å². The van der Waals surface area contributed by atoms with Gasteiger partial charge in [0.15, 0.2) is 5.82 Å². The average Bonchev–Trinajstić information content (AvgIpc) is 3.26. The normalized spacial score (nSPS) is 20.1. The Balaban J connectivity index is 1.67. The summed E-state index contributed by atoms with van der Waals surface area (Å²) in [5.41, 5.74) is 3.51. The van der Waals surface area contributed by atoms with Gasteiger partial charge in [-0.25, -0.2) is 9.97 Å². The molecule has 1 fully saturated rings. The van der Waals surface area contributed by atoms with E-state index < -0.39 is 0 Å². The predicted octanol–water partition coefficient (Wildman–Crippen LogP) is 1.69. The van der Waals surface area contributed by atoms with Crippen LogP contribution in [0, 0.1) is 6.92 Å². The molecule has 0 spiro atoms. The summed E-state index contributed by atoms with van der Waals surface area (Å²) in [4.78, 5) is 11.8. The van der Waals surface area contributed by atoms with E-state index in [1.807, 2.05) is 38.4 Å². The lowest BCUT2D eigenvalue weighted by molar-refractivity contribution is 0.105. The van der Waals surface area contributed by atoms with Gasteiger partial charge in [-0.2, -0.15) is 0 Å². The first-order valence-electron chi connectivity index (χ1n) is 8.55.